The zero-order valence-electron chi connectivity index (χ0n) is 13.7. The first-order valence-corrected chi connectivity index (χ1v) is 7.92. The molecular formula is C17H20N2O5. The molecule has 0 aliphatic carbocycles. The lowest BCUT2D eigenvalue weighted by Crippen LogP contribution is -2.35. The lowest BCUT2D eigenvalue weighted by Gasteiger charge is -2.18. The molecule has 0 saturated heterocycles. The molecule has 1 aromatic carbocycles. The van der Waals surface area contributed by atoms with Gasteiger partial charge in [0, 0.05) is 18.7 Å². The summed E-state index contributed by atoms with van der Waals surface area (Å²) in [5, 5.41) is 8.86. The van der Waals surface area contributed by atoms with Crippen LogP contribution in [0.3, 0.4) is 0 Å². The second kappa shape index (κ2) is 7.25. The average Bonchev–Trinajstić information content (AvgIpc) is 2.80. The molecule has 7 nitrogen and oxygen atoms in total. The lowest BCUT2D eigenvalue weighted by atomic mass is 10.0. The number of carbonyl (C=O) groups is 4. The first-order valence-electron chi connectivity index (χ1n) is 7.92. The highest BCUT2D eigenvalue weighted by Gasteiger charge is 2.35. The molecule has 3 amide bonds. The monoisotopic (exact) mass is 332 g/mol. The summed E-state index contributed by atoms with van der Waals surface area (Å²) < 4.78 is 0. The van der Waals surface area contributed by atoms with E-state index in [1.165, 1.54) is 28.0 Å². The smallest absolute Gasteiger partial charge is 0.323 e. The summed E-state index contributed by atoms with van der Waals surface area (Å²) in [6.07, 6.45) is 1.58. The summed E-state index contributed by atoms with van der Waals surface area (Å²) in [6, 6.07) is 4.30. The van der Waals surface area contributed by atoms with Gasteiger partial charge in [0.05, 0.1) is 11.1 Å². The Bertz CT molecular complexity index is 698. The Morgan fingerprint density at radius 1 is 1.12 bits per heavy atom. The van der Waals surface area contributed by atoms with E-state index in [2.05, 4.69) is 0 Å². The van der Waals surface area contributed by atoms with Crippen LogP contribution in [0.25, 0.3) is 0 Å². The van der Waals surface area contributed by atoms with Crippen LogP contribution in [0.15, 0.2) is 18.2 Å². The molecule has 0 fully saturated rings. The van der Waals surface area contributed by atoms with Crippen LogP contribution in [-0.4, -0.2) is 58.2 Å². The van der Waals surface area contributed by atoms with E-state index in [0.717, 1.165) is 12.8 Å². The molecule has 0 bridgehead atoms. The fourth-order valence-electron chi connectivity index (χ4n) is 2.62. The number of imide groups is 1. The van der Waals surface area contributed by atoms with Crippen LogP contribution in [0.4, 0.5) is 0 Å². The molecule has 24 heavy (non-hydrogen) atoms. The molecule has 7 heteroatoms. The molecule has 1 heterocycles. The molecule has 0 unspecified atom stereocenters. The number of fused-ring (bicyclic) bond motifs is 1. The molecule has 1 aromatic rings. The average molecular weight is 332 g/mol. The van der Waals surface area contributed by atoms with Gasteiger partial charge in [0.25, 0.3) is 17.7 Å². The van der Waals surface area contributed by atoms with Crippen molar-refractivity contribution in [1.82, 2.24) is 9.80 Å². The van der Waals surface area contributed by atoms with Gasteiger partial charge in [-0.2, -0.15) is 0 Å². The minimum absolute atomic E-state index is 0.202. The van der Waals surface area contributed by atoms with Gasteiger partial charge in [-0.05, 0) is 31.5 Å². The van der Waals surface area contributed by atoms with E-state index < -0.39 is 24.3 Å². The van der Waals surface area contributed by atoms with E-state index in [1.807, 2.05) is 6.92 Å². The molecule has 1 N–H and O–H groups in total. The summed E-state index contributed by atoms with van der Waals surface area (Å²) in [6.45, 7) is 3.82. The van der Waals surface area contributed by atoms with Crippen LogP contribution in [0.2, 0.25) is 0 Å². The van der Waals surface area contributed by atoms with E-state index in [0.29, 0.717) is 6.54 Å². The number of likely N-dealkylation sites (N-methyl/N-ethyl adjacent to an activating group) is 1. The van der Waals surface area contributed by atoms with Crippen molar-refractivity contribution in [3.8, 4) is 0 Å². The number of aliphatic carboxylic acids is 1. The number of carboxylic acids is 1. The highest BCUT2D eigenvalue weighted by Crippen LogP contribution is 2.25. The highest BCUT2D eigenvalue weighted by molar-refractivity contribution is 6.22. The third-order valence-electron chi connectivity index (χ3n) is 3.95. The minimum Gasteiger partial charge on any atom is -0.480 e. The lowest BCUT2D eigenvalue weighted by molar-refractivity contribution is -0.137. The van der Waals surface area contributed by atoms with E-state index in [-0.39, 0.29) is 29.1 Å². The normalized spacial score (nSPS) is 13.2. The second-order valence-electron chi connectivity index (χ2n) is 5.59. The standard InChI is InChI=1S/C17H20N2O5/c1-3-5-8-19-16(23)12-7-6-11(9-13(12)17(19)24)15(22)18(4-2)10-14(20)21/h6-7,9H,3-5,8,10H2,1-2H3,(H,20,21). The van der Waals surface area contributed by atoms with Crippen molar-refractivity contribution < 1.29 is 24.3 Å². The van der Waals surface area contributed by atoms with Gasteiger partial charge in [0.15, 0.2) is 0 Å². The number of carbonyl (C=O) groups excluding carboxylic acids is 3. The molecule has 0 radical (unpaired) electrons. The Labute approximate surface area is 139 Å². The zero-order chi connectivity index (χ0) is 17.9. The Balaban J connectivity index is 2.29. The largest absolute Gasteiger partial charge is 0.480 e. The molecule has 1 aliphatic heterocycles. The number of hydrogen-bond acceptors (Lipinski definition) is 4. The third kappa shape index (κ3) is 3.29. The Morgan fingerprint density at radius 2 is 1.79 bits per heavy atom. The molecule has 0 saturated carbocycles. The van der Waals surface area contributed by atoms with Gasteiger partial charge in [-0.3, -0.25) is 24.1 Å². The molecule has 128 valence electrons. The van der Waals surface area contributed by atoms with Gasteiger partial charge < -0.3 is 10.0 Å². The van der Waals surface area contributed by atoms with Crippen LogP contribution in [0, 0.1) is 0 Å². The van der Waals surface area contributed by atoms with Crippen LogP contribution < -0.4 is 0 Å². The van der Waals surface area contributed by atoms with Crippen LogP contribution in [0.5, 0.6) is 0 Å². The summed E-state index contributed by atoms with van der Waals surface area (Å²) in [5.41, 5.74) is 0.692. The van der Waals surface area contributed by atoms with Gasteiger partial charge in [-0.15, -0.1) is 0 Å². The quantitative estimate of drug-likeness (QED) is 0.766. The number of benzene rings is 1. The molecule has 0 aromatic heterocycles. The number of rotatable bonds is 7. The number of nitrogens with zero attached hydrogens (tertiary/aromatic N) is 2. The van der Waals surface area contributed by atoms with Crippen molar-refractivity contribution in [2.24, 2.45) is 0 Å². The number of amides is 3. The predicted octanol–water partition coefficient (Wildman–Crippen LogP) is 1.63. The van der Waals surface area contributed by atoms with E-state index in [9.17, 15) is 19.2 Å². The topological polar surface area (TPSA) is 95.0 Å². The van der Waals surface area contributed by atoms with E-state index in [1.54, 1.807) is 6.92 Å². The Kier molecular flexibility index (Phi) is 5.33. The Morgan fingerprint density at radius 3 is 2.38 bits per heavy atom. The number of carboxylic acid groups (broad SMARTS) is 1. The van der Waals surface area contributed by atoms with Crippen molar-refractivity contribution >= 4 is 23.7 Å². The van der Waals surface area contributed by atoms with Gasteiger partial charge in [0.2, 0.25) is 0 Å². The van der Waals surface area contributed by atoms with Crippen molar-refractivity contribution in [3.63, 3.8) is 0 Å². The summed E-state index contributed by atoms with van der Waals surface area (Å²) in [7, 11) is 0. The third-order valence-corrected chi connectivity index (χ3v) is 3.95. The maximum Gasteiger partial charge on any atom is 0.323 e. The molecular weight excluding hydrogens is 312 g/mol. The summed E-state index contributed by atoms with van der Waals surface area (Å²) in [5.74, 6) is -2.34. The molecule has 0 atom stereocenters. The van der Waals surface area contributed by atoms with E-state index >= 15 is 0 Å². The summed E-state index contributed by atoms with van der Waals surface area (Å²) in [4.78, 5) is 50.2. The van der Waals surface area contributed by atoms with Crippen molar-refractivity contribution in [1.29, 1.82) is 0 Å². The maximum atomic E-state index is 12.4. The SMILES string of the molecule is CCCCN1C(=O)c2ccc(C(=O)N(CC)CC(=O)O)cc2C1=O. The minimum atomic E-state index is -1.11. The van der Waals surface area contributed by atoms with Gasteiger partial charge in [-0.25, -0.2) is 0 Å². The fourth-order valence-corrected chi connectivity index (χ4v) is 2.62. The number of hydrogen-bond donors (Lipinski definition) is 1. The van der Waals surface area contributed by atoms with Crippen molar-refractivity contribution in [2.75, 3.05) is 19.6 Å². The van der Waals surface area contributed by atoms with Crippen LogP contribution >= 0.6 is 0 Å². The molecule has 0 spiro atoms. The van der Waals surface area contributed by atoms with Crippen LogP contribution in [-0.2, 0) is 4.79 Å². The maximum absolute atomic E-state index is 12.4. The predicted molar refractivity (Wildman–Crippen MR) is 85.9 cm³/mol. The van der Waals surface area contributed by atoms with E-state index in [4.69, 9.17) is 5.11 Å². The Hall–Kier alpha value is -2.70. The van der Waals surface area contributed by atoms with Gasteiger partial charge in [-0.1, -0.05) is 13.3 Å². The summed E-state index contributed by atoms with van der Waals surface area (Å²) >= 11 is 0. The van der Waals surface area contributed by atoms with Gasteiger partial charge >= 0.3 is 5.97 Å². The molecule has 1 aliphatic rings. The first-order chi connectivity index (χ1) is 11.4. The second-order valence-corrected chi connectivity index (χ2v) is 5.59. The van der Waals surface area contributed by atoms with Crippen LogP contribution in [0.1, 0.15) is 57.8 Å². The van der Waals surface area contributed by atoms with Crippen molar-refractivity contribution in [2.45, 2.75) is 26.7 Å². The van der Waals surface area contributed by atoms with Crippen molar-refractivity contribution in [3.05, 3.63) is 34.9 Å². The first kappa shape index (κ1) is 17.7. The highest BCUT2D eigenvalue weighted by atomic mass is 16.4. The van der Waals surface area contributed by atoms with Gasteiger partial charge in [0.1, 0.15) is 6.54 Å². The zero-order valence-corrected chi connectivity index (χ0v) is 13.7. The fraction of sp³-hybridized carbons (Fsp3) is 0.412. The number of unbranched alkanes of at least 4 members (excludes halogenated alkanes) is 1. The molecule has 2 rings (SSSR count).